The second-order valence-corrected chi connectivity index (χ2v) is 4.82. The van der Waals surface area contributed by atoms with E-state index in [1.165, 1.54) is 7.11 Å². The van der Waals surface area contributed by atoms with Crippen molar-refractivity contribution in [1.29, 1.82) is 0 Å². The molecule has 106 valence electrons. The molecule has 1 heterocycles. The average Bonchev–Trinajstić information content (AvgIpc) is 2.84. The summed E-state index contributed by atoms with van der Waals surface area (Å²) in [6.45, 7) is 0.00845. The Morgan fingerprint density at radius 3 is 2.70 bits per heavy atom. The molecule has 0 fully saturated rings. The Labute approximate surface area is 122 Å². The summed E-state index contributed by atoms with van der Waals surface area (Å²) in [5.41, 5.74) is 0.910. The van der Waals surface area contributed by atoms with E-state index in [1.54, 1.807) is 18.3 Å². The van der Waals surface area contributed by atoms with Crippen molar-refractivity contribution in [2.24, 2.45) is 7.05 Å². The Balaban J connectivity index is 2.31. The van der Waals surface area contributed by atoms with E-state index in [-0.39, 0.29) is 18.6 Å². The number of rotatable bonds is 5. The predicted molar refractivity (Wildman–Crippen MR) is 76.5 cm³/mol. The van der Waals surface area contributed by atoms with Gasteiger partial charge >= 0.3 is 0 Å². The maximum absolute atomic E-state index is 11.8. The number of nitrogens with zero attached hydrogens (tertiary/aromatic N) is 2. The van der Waals surface area contributed by atoms with Crippen molar-refractivity contribution in [3.63, 3.8) is 0 Å². The van der Waals surface area contributed by atoms with Crippen molar-refractivity contribution in [3.8, 4) is 0 Å². The number of aromatic nitrogens is 2. The van der Waals surface area contributed by atoms with Crippen molar-refractivity contribution in [3.05, 3.63) is 53.1 Å². The smallest absolute Gasteiger partial charge is 0.246 e. The maximum atomic E-state index is 11.8. The molecule has 0 saturated carbocycles. The maximum Gasteiger partial charge on any atom is 0.246 e. The van der Waals surface area contributed by atoms with E-state index in [0.29, 0.717) is 5.02 Å². The number of methoxy groups -OCH3 is 1. The zero-order valence-corrected chi connectivity index (χ0v) is 12.1. The number of carbonyl (C=O) groups excluding carboxylic acids is 1. The van der Waals surface area contributed by atoms with Crippen molar-refractivity contribution < 1.29 is 9.53 Å². The number of amides is 1. The summed E-state index contributed by atoms with van der Waals surface area (Å²) in [7, 11) is 3.37. The van der Waals surface area contributed by atoms with Gasteiger partial charge in [0.25, 0.3) is 0 Å². The van der Waals surface area contributed by atoms with Gasteiger partial charge in [0.05, 0.1) is 0 Å². The Morgan fingerprint density at radius 1 is 1.45 bits per heavy atom. The van der Waals surface area contributed by atoms with Crippen LogP contribution in [0.15, 0.2) is 36.7 Å². The minimum atomic E-state index is -0.338. The van der Waals surface area contributed by atoms with E-state index < -0.39 is 0 Å². The van der Waals surface area contributed by atoms with Crippen LogP contribution in [0.1, 0.15) is 17.4 Å². The third-order valence-corrected chi connectivity index (χ3v) is 3.15. The molecule has 6 heteroatoms. The van der Waals surface area contributed by atoms with Gasteiger partial charge in [-0.05, 0) is 17.7 Å². The lowest BCUT2D eigenvalue weighted by Crippen LogP contribution is -2.33. The molecule has 0 bridgehead atoms. The fraction of sp³-hybridized carbons (Fsp3) is 0.286. The first-order chi connectivity index (χ1) is 9.61. The van der Waals surface area contributed by atoms with Crippen molar-refractivity contribution in [1.82, 2.24) is 14.9 Å². The molecule has 0 aliphatic carbocycles. The van der Waals surface area contributed by atoms with Gasteiger partial charge < -0.3 is 14.6 Å². The van der Waals surface area contributed by atoms with Crippen molar-refractivity contribution in [2.45, 2.75) is 6.04 Å². The van der Waals surface area contributed by atoms with E-state index >= 15 is 0 Å². The Morgan fingerprint density at radius 2 is 2.15 bits per heavy atom. The van der Waals surface area contributed by atoms with E-state index in [9.17, 15) is 4.79 Å². The number of halogens is 1. The minimum absolute atomic E-state index is 0.00845. The van der Waals surface area contributed by atoms with Crippen molar-refractivity contribution >= 4 is 17.5 Å². The third-order valence-electron chi connectivity index (χ3n) is 2.90. The molecule has 2 aromatic rings. The summed E-state index contributed by atoms with van der Waals surface area (Å²) in [4.78, 5) is 16.1. The zero-order valence-electron chi connectivity index (χ0n) is 11.3. The van der Waals surface area contributed by atoms with Crippen LogP contribution in [0.2, 0.25) is 5.02 Å². The number of hydrogen-bond donors (Lipinski definition) is 1. The SMILES string of the molecule is COCC(=O)NC(c1ccc(Cl)cc1)c1nccn1C. The Kier molecular flexibility index (Phi) is 4.76. The standard InChI is InChI=1S/C14H16ClN3O2/c1-18-8-7-16-14(18)13(17-12(19)9-20-2)10-3-5-11(15)6-4-10/h3-8,13H,9H2,1-2H3,(H,17,19). The first kappa shape index (κ1) is 14.6. The van der Waals surface area contributed by atoms with Crippen LogP contribution in [0.4, 0.5) is 0 Å². The van der Waals surface area contributed by atoms with Crippen LogP contribution in [-0.2, 0) is 16.6 Å². The topological polar surface area (TPSA) is 56.1 Å². The molecule has 1 N–H and O–H groups in total. The van der Waals surface area contributed by atoms with Gasteiger partial charge in [0.2, 0.25) is 5.91 Å². The highest BCUT2D eigenvalue weighted by molar-refractivity contribution is 6.30. The molecule has 1 atom stereocenters. The lowest BCUT2D eigenvalue weighted by atomic mass is 10.1. The van der Waals surface area contributed by atoms with Gasteiger partial charge in [-0.3, -0.25) is 4.79 Å². The molecular weight excluding hydrogens is 278 g/mol. The van der Waals surface area contributed by atoms with Crippen molar-refractivity contribution in [2.75, 3.05) is 13.7 Å². The highest BCUT2D eigenvalue weighted by Crippen LogP contribution is 2.22. The molecule has 1 amide bonds. The Hall–Kier alpha value is -1.85. The summed E-state index contributed by atoms with van der Waals surface area (Å²) in [5, 5.41) is 3.56. The third kappa shape index (κ3) is 3.37. The van der Waals surface area contributed by atoms with Crippen LogP contribution in [-0.4, -0.2) is 29.2 Å². The van der Waals surface area contributed by atoms with Crippen LogP contribution in [0.5, 0.6) is 0 Å². The average molecular weight is 294 g/mol. The zero-order chi connectivity index (χ0) is 14.5. The normalized spacial score (nSPS) is 12.2. The number of nitrogens with one attached hydrogen (secondary N) is 1. The van der Waals surface area contributed by atoms with Gasteiger partial charge in [0.1, 0.15) is 18.5 Å². The van der Waals surface area contributed by atoms with Gasteiger partial charge in [-0.15, -0.1) is 0 Å². The molecule has 5 nitrogen and oxygen atoms in total. The summed E-state index contributed by atoms with van der Waals surface area (Å²) in [6, 6.07) is 6.98. The summed E-state index contributed by atoms with van der Waals surface area (Å²) >= 11 is 5.90. The molecule has 0 aliphatic rings. The lowest BCUT2D eigenvalue weighted by molar-refractivity contribution is -0.125. The molecule has 2 rings (SSSR count). The van der Waals surface area contributed by atoms with E-state index in [2.05, 4.69) is 10.3 Å². The predicted octanol–water partition coefficient (Wildman–Crippen LogP) is 1.93. The summed E-state index contributed by atoms with van der Waals surface area (Å²) < 4.78 is 6.71. The molecule has 0 aliphatic heterocycles. The number of benzene rings is 1. The molecule has 1 aromatic carbocycles. The number of imidazole rings is 1. The van der Waals surface area contributed by atoms with Gasteiger partial charge in [-0.2, -0.15) is 0 Å². The molecule has 1 unspecified atom stereocenters. The van der Waals surface area contributed by atoms with E-state index in [1.807, 2.05) is 29.9 Å². The number of ether oxygens (including phenoxy) is 1. The number of hydrogen-bond acceptors (Lipinski definition) is 3. The first-order valence-electron chi connectivity index (χ1n) is 6.13. The highest BCUT2D eigenvalue weighted by Gasteiger charge is 2.20. The summed E-state index contributed by atoms with van der Waals surface area (Å²) in [6.07, 6.45) is 3.53. The van der Waals surface area contributed by atoms with Gasteiger partial charge in [0.15, 0.2) is 0 Å². The second kappa shape index (κ2) is 6.54. The monoisotopic (exact) mass is 293 g/mol. The molecule has 1 aromatic heterocycles. The highest BCUT2D eigenvalue weighted by atomic mass is 35.5. The van der Waals surface area contributed by atoms with Gasteiger partial charge in [0, 0.05) is 31.6 Å². The fourth-order valence-corrected chi connectivity index (χ4v) is 2.07. The minimum Gasteiger partial charge on any atom is -0.375 e. The van der Waals surface area contributed by atoms with E-state index in [4.69, 9.17) is 16.3 Å². The quantitative estimate of drug-likeness (QED) is 0.916. The number of carbonyl (C=O) groups is 1. The number of aryl methyl sites for hydroxylation is 1. The molecular formula is C14H16ClN3O2. The largest absolute Gasteiger partial charge is 0.375 e. The molecule has 20 heavy (non-hydrogen) atoms. The van der Waals surface area contributed by atoms with Crippen LogP contribution in [0.3, 0.4) is 0 Å². The molecule has 0 spiro atoms. The molecule has 0 radical (unpaired) electrons. The Bertz CT molecular complexity index is 580. The first-order valence-corrected chi connectivity index (χ1v) is 6.50. The fourth-order valence-electron chi connectivity index (χ4n) is 1.94. The van der Waals surface area contributed by atoms with E-state index in [0.717, 1.165) is 11.4 Å². The molecule has 0 saturated heterocycles. The summed E-state index contributed by atoms with van der Waals surface area (Å²) in [5.74, 6) is 0.548. The second-order valence-electron chi connectivity index (χ2n) is 4.38. The van der Waals surface area contributed by atoms with Gasteiger partial charge in [-0.1, -0.05) is 23.7 Å². The lowest BCUT2D eigenvalue weighted by Gasteiger charge is -2.19. The van der Waals surface area contributed by atoms with Crippen LogP contribution in [0.25, 0.3) is 0 Å². The van der Waals surface area contributed by atoms with Gasteiger partial charge in [-0.25, -0.2) is 4.98 Å². The van der Waals surface area contributed by atoms with Crippen LogP contribution >= 0.6 is 11.6 Å². The van der Waals surface area contributed by atoms with Crippen LogP contribution in [0, 0.1) is 0 Å². The van der Waals surface area contributed by atoms with Crippen LogP contribution < -0.4 is 5.32 Å².